The molecule has 0 unspecified atom stereocenters. The third kappa shape index (κ3) is 3.85. The van der Waals surface area contributed by atoms with Crippen LogP contribution >= 0.6 is 11.3 Å². The maximum atomic E-state index is 13.1. The van der Waals surface area contributed by atoms with E-state index in [0.717, 1.165) is 17.8 Å². The lowest BCUT2D eigenvalue weighted by atomic mass is 10.2. The fourth-order valence-electron chi connectivity index (χ4n) is 2.30. The van der Waals surface area contributed by atoms with Crippen LogP contribution in [0.5, 0.6) is 0 Å². The Kier molecular flexibility index (Phi) is 4.31. The largest absolute Gasteiger partial charge is 0.351 e. The molecule has 0 saturated heterocycles. The number of thiazole rings is 1. The highest BCUT2D eigenvalue weighted by atomic mass is 32.2. The van der Waals surface area contributed by atoms with Crippen LogP contribution in [0.4, 0.5) is 9.52 Å². The van der Waals surface area contributed by atoms with Crippen molar-refractivity contribution >= 4 is 32.4 Å². The van der Waals surface area contributed by atoms with E-state index in [0.29, 0.717) is 29.1 Å². The van der Waals surface area contributed by atoms with Gasteiger partial charge in [-0.15, -0.1) is 0 Å². The quantitative estimate of drug-likeness (QED) is 0.877. The highest BCUT2D eigenvalue weighted by Crippen LogP contribution is 2.26. The van der Waals surface area contributed by atoms with Gasteiger partial charge in [-0.3, -0.25) is 9.52 Å². The monoisotopic (exact) mass is 355 g/mol. The van der Waals surface area contributed by atoms with Crippen molar-refractivity contribution in [2.24, 2.45) is 0 Å². The summed E-state index contributed by atoms with van der Waals surface area (Å²) in [6, 6.07) is 5.41. The van der Waals surface area contributed by atoms with E-state index in [1.54, 1.807) is 0 Å². The zero-order valence-electron chi connectivity index (χ0n) is 12.0. The number of anilines is 1. The van der Waals surface area contributed by atoms with E-state index in [9.17, 15) is 17.6 Å². The van der Waals surface area contributed by atoms with Crippen LogP contribution in [0.1, 0.15) is 27.3 Å². The van der Waals surface area contributed by atoms with Crippen LogP contribution in [0.2, 0.25) is 0 Å². The molecular weight excluding hydrogens is 341 g/mol. The van der Waals surface area contributed by atoms with Crippen molar-refractivity contribution in [3.8, 4) is 0 Å². The number of halogens is 1. The lowest BCUT2D eigenvalue weighted by Crippen LogP contribution is -2.21. The molecule has 1 aliphatic heterocycles. The number of fused-ring (bicyclic) bond motifs is 1. The van der Waals surface area contributed by atoms with E-state index in [1.165, 1.54) is 24.3 Å². The first-order chi connectivity index (χ1) is 10.9. The number of amides is 1. The van der Waals surface area contributed by atoms with E-state index >= 15 is 0 Å². The van der Waals surface area contributed by atoms with E-state index in [4.69, 9.17) is 0 Å². The number of aromatic nitrogens is 1. The maximum absolute atomic E-state index is 13.1. The van der Waals surface area contributed by atoms with Crippen LogP contribution in [-0.4, -0.2) is 25.9 Å². The fourth-order valence-corrected chi connectivity index (χ4v) is 4.62. The summed E-state index contributed by atoms with van der Waals surface area (Å²) in [5, 5.41) is 2.89. The number of hydrogen-bond acceptors (Lipinski definition) is 5. The predicted molar refractivity (Wildman–Crippen MR) is 85.4 cm³/mol. The number of aryl methyl sites for hydroxylation is 1. The van der Waals surface area contributed by atoms with Crippen LogP contribution < -0.4 is 10.0 Å². The Morgan fingerprint density at radius 2 is 2.22 bits per heavy atom. The van der Waals surface area contributed by atoms with Gasteiger partial charge in [-0.05, 0) is 30.5 Å². The Morgan fingerprint density at radius 1 is 1.39 bits per heavy atom. The number of sulfonamides is 1. The maximum Gasteiger partial charge on any atom is 0.263 e. The predicted octanol–water partition coefficient (Wildman–Crippen LogP) is 1.90. The first kappa shape index (κ1) is 15.9. The SMILES string of the molecule is O=C1NCCCc2nc(NS(=O)(=O)Cc3cccc(F)c3)sc21. The molecule has 0 radical (unpaired) electrons. The molecular formula is C14H14FN3O3S2. The Bertz CT molecular complexity index is 849. The Labute approximate surface area is 136 Å². The molecule has 23 heavy (non-hydrogen) atoms. The molecule has 1 aromatic heterocycles. The minimum absolute atomic E-state index is 0.156. The van der Waals surface area contributed by atoms with Crippen molar-refractivity contribution in [1.82, 2.24) is 10.3 Å². The zero-order chi connectivity index (χ0) is 16.4. The first-order valence-corrected chi connectivity index (χ1v) is 9.43. The number of rotatable bonds is 4. The van der Waals surface area contributed by atoms with Gasteiger partial charge in [0.25, 0.3) is 5.91 Å². The van der Waals surface area contributed by atoms with Gasteiger partial charge in [-0.1, -0.05) is 23.5 Å². The molecule has 1 aromatic carbocycles. The lowest BCUT2D eigenvalue weighted by molar-refractivity contribution is 0.0960. The van der Waals surface area contributed by atoms with Gasteiger partial charge >= 0.3 is 0 Å². The third-order valence-electron chi connectivity index (χ3n) is 3.27. The summed E-state index contributed by atoms with van der Waals surface area (Å²) in [6.45, 7) is 0.586. The highest BCUT2D eigenvalue weighted by molar-refractivity contribution is 7.92. The summed E-state index contributed by atoms with van der Waals surface area (Å²) in [6.07, 6.45) is 1.38. The summed E-state index contributed by atoms with van der Waals surface area (Å²) >= 11 is 1.01. The number of carbonyl (C=O) groups is 1. The molecule has 1 amide bonds. The van der Waals surface area contributed by atoms with Crippen LogP contribution in [0.15, 0.2) is 24.3 Å². The minimum atomic E-state index is -3.73. The lowest BCUT2D eigenvalue weighted by Gasteiger charge is -2.05. The van der Waals surface area contributed by atoms with E-state index in [2.05, 4.69) is 15.0 Å². The Balaban J connectivity index is 1.78. The zero-order valence-corrected chi connectivity index (χ0v) is 13.6. The molecule has 9 heteroatoms. The average molecular weight is 355 g/mol. The molecule has 6 nitrogen and oxygen atoms in total. The minimum Gasteiger partial charge on any atom is -0.351 e. The number of nitrogens with one attached hydrogen (secondary N) is 2. The Morgan fingerprint density at radius 3 is 3.00 bits per heavy atom. The summed E-state index contributed by atoms with van der Waals surface area (Å²) in [4.78, 5) is 16.5. The van der Waals surface area contributed by atoms with Crippen molar-refractivity contribution in [3.05, 3.63) is 46.2 Å². The summed E-state index contributed by atoms with van der Waals surface area (Å²) in [5.74, 6) is -1.08. The molecule has 2 aromatic rings. The molecule has 0 aliphatic carbocycles. The number of carbonyl (C=O) groups excluding carboxylic acids is 1. The molecule has 3 rings (SSSR count). The van der Waals surface area contributed by atoms with E-state index in [-0.39, 0.29) is 16.8 Å². The summed E-state index contributed by atoms with van der Waals surface area (Å²) in [5.41, 5.74) is 0.946. The topological polar surface area (TPSA) is 88.2 Å². The van der Waals surface area contributed by atoms with E-state index < -0.39 is 15.8 Å². The van der Waals surface area contributed by atoms with Crippen LogP contribution in [0, 0.1) is 5.82 Å². The molecule has 2 N–H and O–H groups in total. The average Bonchev–Trinajstić information content (AvgIpc) is 2.77. The second-order valence-corrected chi connectivity index (χ2v) is 7.87. The van der Waals surface area contributed by atoms with Crippen molar-refractivity contribution in [3.63, 3.8) is 0 Å². The van der Waals surface area contributed by atoms with Gasteiger partial charge < -0.3 is 5.32 Å². The molecule has 1 aliphatic rings. The van der Waals surface area contributed by atoms with Crippen molar-refractivity contribution in [2.45, 2.75) is 18.6 Å². The molecule has 122 valence electrons. The molecule has 0 atom stereocenters. The third-order valence-corrected chi connectivity index (χ3v) is 5.63. The normalized spacial score (nSPS) is 14.7. The molecule has 2 heterocycles. The molecule has 0 fully saturated rings. The fraction of sp³-hybridized carbons (Fsp3) is 0.286. The number of benzene rings is 1. The van der Waals surface area contributed by atoms with Crippen LogP contribution in [0.3, 0.4) is 0 Å². The van der Waals surface area contributed by atoms with Crippen molar-refractivity contribution in [2.75, 3.05) is 11.3 Å². The first-order valence-electron chi connectivity index (χ1n) is 6.96. The van der Waals surface area contributed by atoms with E-state index in [1.807, 2.05) is 0 Å². The van der Waals surface area contributed by atoms with Crippen molar-refractivity contribution in [1.29, 1.82) is 0 Å². The summed E-state index contributed by atoms with van der Waals surface area (Å²) in [7, 11) is -3.73. The van der Waals surface area contributed by atoms with Crippen LogP contribution in [0.25, 0.3) is 0 Å². The molecule has 0 bridgehead atoms. The second kappa shape index (κ2) is 6.25. The number of hydrogen-bond donors (Lipinski definition) is 2. The summed E-state index contributed by atoms with van der Waals surface area (Å²) < 4.78 is 39.8. The number of nitrogens with zero attached hydrogens (tertiary/aromatic N) is 1. The van der Waals surface area contributed by atoms with Crippen LogP contribution in [-0.2, 0) is 22.2 Å². The molecule has 0 saturated carbocycles. The van der Waals surface area contributed by atoms with Crippen molar-refractivity contribution < 1.29 is 17.6 Å². The Hall–Kier alpha value is -2.00. The molecule has 0 spiro atoms. The van der Waals surface area contributed by atoms with Gasteiger partial charge in [-0.2, -0.15) is 0 Å². The van der Waals surface area contributed by atoms with Gasteiger partial charge in [0.1, 0.15) is 10.7 Å². The second-order valence-electron chi connectivity index (χ2n) is 5.15. The van der Waals surface area contributed by atoms with Gasteiger partial charge in [0.05, 0.1) is 11.4 Å². The van der Waals surface area contributed by atoms with Gasteiger partial charge in [0, 0.05) is 6.54 Å². The van der Waals surface area contributed by atoms with Gasteiger partial charge in [-0.25, -0.2) is 17.8 Å². The smallest absolute Gasteiger partial charge is 0.263 e. The van der Waals surface area contributed by atoms with Gasteiger partial charge in [0.2, 0.25) is 10.0 Å². The standard InChI is InChI=1S/C14H14FN3O3S2/c15-10-4-1-3-9(7-10)8-23(20,21)18-14-17-11-5-2-6-16-13(19)12(11)22-14/h1,3-4,7H,2,5-6,8H2,(H,16,19)(H,17,18). The highest BCUT2D eigenvalue weighted by Gasteiger charge is 2.22. The van der Waals surface area contributed by atoms with Gasteiger partial charge in [0.15, 0.2) is 5.13 Å².